The van der Waals surface area contributed by atoms with Crippen LogP contribution in [0.15, 0.2) is 33.4 Å². The lowest BCUT2D eigenvalue weighted by Crippen LogP contribution is -2.06. The molecule has 2 aromatic rings. The van der Waals surface area contributed by atoms with E-state index in [0.29, 0.717) is 0 Å². The zero-order valence-corrected chi connectivity index (χ0v) is 12.2. The van der Waals surface area contributed by atoms with Crippen LogP contribution < -0.4 is 10.1 Å². The summed E-state index contributed by atoms with van der Waals surface area (Å²) in [4.78, 5) is 0. The van der Waals surface area contributed by atoms with Gasteiger partial charge in [-0.05, 0) is 46.1 Å². The fourth-order valence-corrected chi connectivity index (χ4v) is 3.29. The molecule has 0 spiro atoms. The van der Waals surface area contributed by atoms with Crippen LogP contribution in [0.5, 0.6) is 5.75 Å². The van der Waals surface area contributed by atoms with Crippen molar-refractivity contribution < 1.29 is 4.74 Å². The Kier molecular flexibility index (Phi) is 4.20. The molecule has 0 aliphatic carbocycles. The summed E-state index contributed by atoms with van der Waals surface area (Å²) in [5.74, 6) is 0.925. The number of nitrogens with one attached hydrogen (secondary N) is 1. The van der Waals surface area contributed by atoms with Gasteiger partial charge in [0.25, 0.3) is 0 Å². The molecule has 2 nitrogen and oxygen atoms in total. The normalized spacial score (nSPS) is 10.5. The van der Waals surface area contributed by atoms with Crippen LogP contribution >= 0.6 is 27.3 Å². The maximum atomic E-state index is 5.35. The Morgan fingerprint density at radius 2 is 2.18 bits per heavy atom. The number of halogens is 1. The van der Waals surface area contributed by atoms with E-state index in [-0.39, 0.29) is 0 Å². The number of benzene rings is 1. The highest BCUT2D eigenvalue weighted by atomic mass is 79.9. The zero-order valence-electron chi connectivity index (χ0n) is 9.79. The molecule has 0 atom stereocenters. The highest BCUT2D eigenvalue weighted by Gasteiger charge is 2.08. The first kappa shape index (κ1) is 12.6. The fraction of sp³-hybridized carbons (Fsp3) is 0.231. The van der Waals surface area contributed by atoms with Crippen molar-refractivity contribution in [3.63, 3.8) is 0 Å². The molecule has 17 heavy (non-hydrogen) atoms. The molecule has 4 heteroatoms. The van der Waals surface area contributed by atoms with Gasteiger partial charge in [-0.1, -0.05) is 6.07 Å². The Morgan fingerprint density at radius 1 is 1.35 bits per heavy atom. The van der Waals surface area contributed by atoms with E-state index in [4.69, 9.17) is 4.74 Å². The molecule has 2 rings (SSSR count). The molecule has 1 N–H and O–H groups in total. The van der Waals surface area contributed by atoms with Crippen LogP contribution in [-0.2, 0) is 6.54 Å². The van der Waals surface area contributed by atoms with E-state index in [1.807, 2.05) is 13.1 Å². The minimum Gasteiger partial charge on any atom is -0.496 e. The lowest BCUT2D eigenvalue weighted by atomic mass is 10.0. The zero-order chi connectivity index (χ0) is 12.3. The number of methoxy groups -OCH3 is 1. The van der Waals surface area contributed by atoms with Crippen LogP contribution in [-0.4, -0.2) is 14.2 Å². The van der Waals surface area contributed by atoms with Crippen LogP contribution in [0.25, 0.3) is 11.1 Å². The summed E-state index contributed by atoms with van der Waals surface area (Å²) in [6.07, 6.45) is 0. The second-order valence-corrected chi connectivity index (χ2v) is 5.29. The smallest absolute Gasteiger partial charge is 0.123 e. The van der Waals surface area contributed by atoms with Crippen LogP contribution in [0.4, 0.5) is 0 Å². The molecule has 0 fully saturated rings. The first-order valence-electron chi connectivity index (χ1n) is 5.30. The topological polar surface area (TPSA) is 21.3 Å². The molecule has 0 saturated heterocycles. The van der Waals surface area contributed by atoms with E-state index in [1.54, 1.807) is 18.4 Å². The van der Waals surface area contributed by atoms with Crippen LogP contribution in [0.3, 0.4) is 0 Å². The first-order valence-corrected chi connectivity index (χ1v) is 7.03. The van der Waals surface area contributed by atoms with E-state index in [1.165, 1.54) is 16.7 Å². The maximum absolute atomic E-state index is 5.35. The van der Waals surface area contributed by atoms with E-state index in [2.05, 4.69) is 44.1 Å². The Labute approximate surface area is 114 Å². The van der Waals surface area contributed by atoms with Crippen molar-refractivity contribution in [1.82, 2.24) is 5.32 Å². The van der Waals surface area contributed by atoms with Crippen LogP contribution in [0, 0.1) is 0 Å². The van der Waals surface area contributed by atoms with E-state index in [0.717, 1.165) is 16.8 Å². The summed E-state index contributed by atoms with van der Waals surface area (Å²) < 4.78 is 6.49. The van der Waals surface area contributed by atoms with Gasteiger partial charge >= 0.3 is 0 Å². The molecule has 0 radical (unpaired) electrons. The number of rotatable bonds is 4. The third kappa shape index (κ3) is 2.70. The lowest BCUT2D eigenvalue weighted by Gasteiger charge is -2.10. The molecule has 0 aliphatic heterocycles. The van der Waals surface area contributed by atoms with Gasteiger partial charge in [-0.2, -0.15) is 11.3 Å². The van der Waals surface area contributed by atoms with E-state index < -0.39 is 0 Å². The van der Waals surface area contributed by atoms with Gasteiger partial charge in [-0.15, -0.1) is 0 Å². The molecular weight excluding hydrogens is 298 g/mol. The summed E-state index contributed by atoms with van der Waals surface area (Å²) >= 11 is 5.26. The Morgan fingerprint density at radius 3 is 2.76 bits per heavy atom. The second-order valence-electron chi connectivity index (χ2n) is 3.69. The summed E-state index contributed by atoms with van der Waals surface area (Å²) in [5, 5.41) is 7.40. The fourth-order valence-electron chi connectivity index (χ4n) is 1.76. The van der Waals surface area contributed by atoms with Crippen molar-refractivity contribution >= 4 is 27.3 Å². The van der Waals surface area contributed by atoms with Gasteiger partial charge in [0.05, 0.1) is 7.11 Å². The van der Waals surface area contributed by atoms with Crippen LogP contribution in [0.2, 0.25) is 0 Å². The first-order chi connectivity index (χ1) is 8.26. The molecule has 0 saturated carbocycles. The van der Waals surface area contributed by atoms with Gasteiger partial charge in [0.1, 0.15) is 5.75 Å². The maximum Gasteiger partial charge on any atom is 0.123 e. The quantitative estimate of drug-likeness (QED) is 0.924. The number of hydrogen-bond acceptors (Lipinski definition) is 3. The van der Waals surface area contributed by atoms with Gasteiger partial charge in [-0.3, -0.25) is 0 Å². The standard InChI is InChI=1S/C13H14BrNOS/c1-15-6-10-5-9(3-4-13(10)16-2)11-7-17-8-12(11)14/h3-5,7-8,15H,6H2,1-2H3. The van der Waals surface area contributed by atoms with E-state index >= 15 is 0 Å². The molecule has 1 heterocycles. The largest absolute Gasteiger partial charge is 0.496 e. The minimum atomic E-state index is 0.804. The van der Waals surface area contributed by atoms with Gasteiger partial charge in [0.2, 0.25) is 0 Å². The molecular formula is C13H14BrNOS. The summed E-state index contributed by atoms with van der Waals surface area (Å²) in [6, 6.07) is 6.28. The van der Waals surface area contributed by atoms with Gasteiger partial charge in [-0.25, -0.2) is 0 Å². The van der Waals surface area contributed by atoms with Crippen molar-refractivity contribution in [3.05, 3.63) is 39.0 Å². The van der Waals surface area contributed by atoms with Crippen molar-refractivity contribution in [1.29, 1.82) is 0 Å². The predicted molar refractivity (Wildman–Crippen MR) is 76.8 cm³/mol. The van der Waals surface area contributed by atoms with Crippen LogP contribution in [0.1, 0.15) is 5.56 Å². The third-order valence-electron chi connectivity index (χ3n) is 2.57. The molecule has 1 aromatic heterocycles. The predicted octanol–water partition coefficient (Wildman–Crippen LogP) is 3.91. The molecule has 0 bridgehead atoms. The monoisotopic (exact) mass is 311 g/mol. The highest BCUT2D eigenvalue weighted by Crippen LogP contribution is 2.34. The summed E-state index contributed by atoms with van der Waals surface area (Å²) in [7, 11) is 3.64. The number of hydrogen-bond donors (Lipinski definition) is 1. The molecule has 1 aromatic carbocycles. The highest BCUT2D eigenvalue weighted by molar-refractivity contribution is 9.10. The van der Waals surface area contributed by atoms with Crippen molar-refractivity contribution in [2.75, 3.05) is 14.2 Å². The minimum absolute atomic E-state index is 0.804. The SMILES string of the molecule is CNCc1cc(-c2cscc2Br)ccc1OC. The Balaban J connectivity index is 2.43. The molecule has 0 unspecified atom stereocenters. The summed E-state index contributed by atoms with van der Waals surface area (Å²) in [6.45, 7) is 0.804. The molecule has 0 amide bonds. The van der Waals surface area contributed by atoms with Gasteiger partial charge in [0, 0.05) is 27.5 Å². The summed E-state index contributed by atoms with van der Waals surface area (Å²) in [5.41, 5.74) is 3.62. The van der Waals surface area contributed by atoms with Gasteiger partial charge in [0.15, 0.2) is 0 Å². The molecule has 90 valence electrons. The third-order valence-corrected chi connectivity index (χ3v) is 4.28. The average Bonchev–Trinajstić information content (AvgIpc) is 2.76. The number of thiophene rings is 1. The Bertz CT molecular complexity index is 510. The second kappa shape index (κ2) is 5.67. The van der Waals surface area contributed by atoms with Gasteiger partial charge < -0.3 is 10.1 Å². The number of ether oxygens (including phenoxy) is 1. The van der Waals surface area contributed by atoms with Crippen molar-refractivity contribution in [2.45, 2.75) is 6.54 Å². The lowest BCUT2D eigenvalue weighted by molar-refractivity contribution is 0.408. The van der Waals surface area contributed by atoms with Crippen molar-refractivity contribution in [2.24, 2.45) is 0 Å². The average molecular weight is 312 g/mol. The van der Waals surface area contributed by atoms with E-state index in [9.17, 15) is 0 Å². The molecule has 0 aliphatic rings. The van der Waals surface area contributed by atoms with Crippen molar-refractivity contribution in [3.8, 4) is 16.9 Å². The Hall–Kier alpha value is -0.840.